The van der Waals surface area contributed by atoms with Gasteiger partial charge in [0.15, 0.2) is 0 Å². The zero-order valence-corrected chi connectivity index (χ0v) is 11.2. The second-order valence-electron chi connectivity index (χ2n) is 3.84. The molecule has 0 bridgehead atoms. The number of hydrogen-bond acceptors (Lipinski definition) is 4. The van der Waals surface area contributed by atoms with Crippen LogP contribution in [0.25, 0.3) is 0 Å². The van der Waals surface area contributed by atoms with Gasteiger partial charge in [-0.05, 0) is 25.5 Å². The van der Waals surface area contributed by atoms with Gasteiger partial charge in [-0.2, -0.15) is 0 Å². The highest BCUT2D eigenvalue weighted by molar-refractivity contribution is 5.89. The van der Waals surface area contributed by atoms with Crippen LogP contribution in [-0.2, 0) is 16.0 Å². The van der Waals surface area contributed by atoms with E-state index in [1.807, 2.05) is 18.2 Å². The molecule has 110 valence electrons. The van der Waals surface area contributed by atoms with Crippen LogP contribution in [0.1, 0.15) is 12.0 Å². The van der Waals surface area contributed by atoms with Gasteiger partial charge in [-0.15, -0.1) is 0 Å². The quantitative estimate of drug-likeness (QED) is 0.455. The molecule has 0 saturated heterocycles. The summed E-state index contributed by atoms with van der Waals surface area (Å²) in [5.41, 5.74) is 1.27. The molecule has 0 amide bonds. The van der Waals surface area contributed by atoms with E-state index in [4.69, 9.17) is 10.2 Å². The number of aliphatic carboxylic acids is 2. The van der Waals surface area contributed by atoms with Crippen LogP contribution in [0.4, 0.5) is 0 Å². The topological polar surface area (TPSA) is 107 Å². The Morgan fingerprint density at radius 3 is 2.05 bits per heavy atom. The lowest BCUT2D eigenvalue weighted by Crippen LogP contribution is -2.24. The van der Waals surface area contributed by atoms with Crippen molar-refractivity contribution in [3.05, 3.63) is 48.0 Å². The normalized spacial score (nSPS) is 11.5. The number of benzene rings is 1. The van der Waals surface area contributed by atoms with Crippen molar-refractivity contribution >= 4 is 11.9 Å². The summed E-state index contributed by atoms with van der Waals surface area (Å²) in [7, 11) is 1.76. The molecule has 0 aliphatic heterocycles. The summed E-state index contributed by atoms with van der Waals surface area (Å²) >= 11 is 0. The van der Waals surface area contributed by atoms with Crippen LogP contribution in [0.15, 0.2) is 42.5 Å². The molecule has 0 aromatic heterocycles. The Morgan fingerprint density at radius 2 is 1.65 bits per heavy atom. The molecular formula is C14H19NO5. The highest BCUT2D eigenvalue weighted by atomic mass is 16.4. The van der Waals surface area contributed by atoms with Crippen LogP contribution in [0.3, 0.4) is 0 Å². The van der Waals surface area contributed by atoms with Crippen molar-refractivity contribution < 1.29 is 24.9 Å². The third-order valence-corrected chi connectivity index (χ3v) is 2.25. The van der Waals surface area contributed by atoms with Crippen molar-refractivity contribution in [3.8, 4) is 0 Å². The number of nitrogens with one attached hydrogen (secondary N) is 1. The van der Waals surface area contributed by atoms with Crippen molar-refractivity contribution in [3.63, 3.8) is 0 Å². The lowest BCUT2D eigenvalue weighted by atomic mass is 10.1. The first-order valence-electron chi connectivity index (χ1n) is 5.99. The maximum absolute atomic E-state index is 9.55. The molecule has 6 nitrogen and oxygen atoms in total. The maximum Gasteiger partial charge on any atom is 0.328 e. The van der Waals surface area contributed by atoms with Crippen molar-refractivity contribution in [2.75, 3.05) is 7.05 Å². The second kappa shape index (κ2) is 10.7. The van der Waals surface area contributed by atoms with E-state index in [9.17, 15) is 14.7 Å². The summed E-state index contributed by atoms with van der Waals surface area (Å²) in [6.07, 6.45) is 2.42. The molecule has 0 saturated carbocycles. The molecule has 1 aromatic carbocycles. The average Bonchev–Trinajstić information content (AvgIpc) is 2.44. The van der Waals surface area contributed by atoms with Gasteiger partial charge < -0.3 is 15.3 Å². The molecular weight excluding hydrogens is 262 g/mol. The zero-order valence-electron chi connectivity index (χ0n) is 11.2. The van der Waals surface area contributed by atoms with Crippen molar-refractivity contribution in [2.24, 2.45) is 0 Å². The monoisotopic (exact) mass is 281 g/mol. The summed E-state index contributed by atoms with van der Waals surface area (Å²) in [6.45, 7) is 0. The van der Waals surface area contributed by atoms with Gasteiger partial charge in [-0.25, -0.2) is 9.59 Å². The van der Waals surface area contributed by atoms with Gasteiger partial charge in [0.1, 0.15) is 6.23 Å². The third-order valence-electron chi connectivity index (χ3n) is 2.25. The van der Waals surface area contributed by atoms with Crippen LogP contribution < -0.4 is 5.32 Å². The maximum atomic E-state index is 9.55. The van der Waals surface area contributed by atoms with Gasteiger partial charge >= 0.3 is 11.9 Å². The SMILES string of the molecule is CNC(O)CCc1ccccc1.O=C(O)C=CC(=O)O. The minimum absolute atomic E-state index is 0.384. The van der Waals surface area contributed by atoms with Gasteiger partial charge in [0.05, 0.1) is 0 Å². The number of aryl methyl sites for hydroxylation is 1. The standard InChI is InChI=1S/C10H15NO.C4H4O4/c1-11-10(12)8-7-9-5-3-2-4-6-9;5-3(6)1-2-4(7)8/h2-6,10-12H,7-8H2,1H3;1-2H,(H,5,6)(H,7,8). The van der Waals surface area contributed by atoms with E-state index in [0.717, 1.165) is 12.8 Å². The fraction of sp³-hybridized carbons (Fsp3) is 0.286. The van der Waals surface area contributed by atoms with E-state index in [-0.39, 0.29) is 6.23 Å². The highest BCUT2D eigenvalue weighted by Crippen LogP contribution is 2.03. The van der Waals surface area contributed by atoms with Gasteiger partial charge in [-0.3, -0.25) is 5.32 Å². The number of carboxylic acids is 2. The molecule has 1 rings (SSSR count). The van der Waals surface area contributed by atoms with E-state index in [2.05, 4.69) is 17.4 Å². The summed E-state index contributed by atoms with van der Waals surface area (Å²) in [5.74, 6) is -2.51. The molecule has 4 N–H and O–H groups in total. The number of rotatable bonds is 6. The summed E-state index contributed by atoms with van der Waals surface area (Å²) in [5, 5.41) is 27.6. The van der Waals surface area contributed by atoms with E-state index in [0.29, 0.717) is 12.2 Å². The highest BCUT2D eigenvalue weighted by Gasteiger charge is 1.99. The van der Waals surface area contributed by atoms with Crippen molar-refractivity contribution in [1.82, 2.24) is 5.32 Å². The number of aliphatic hydroxyl groups excluding tert-OH is 1. The fourth-order valence-corrected chi connectivity index (χ4v) is 1.23. The molecule has 1 unspecified atom stereocenters. The molecule has 0 heterocycles. The first kappa shape index (κ1) is 17.8. The average molecular weight is 281 g/mol. The van der Waals surface area contributed by atoms with E-state index in [1.165, 1.54) is 5.56 Å². The molecule has 0 radical (unpaired) electrons. The molecule has 20 heavy (non-hydrogen) atoms. The first-order chi connectivity index (χ1) is 9.45. The van der Waals surface area contributed by atoms with E-state index >= 15 is 0 Å². The lowest BCUT2D eigenvalue weighted by Gasteiger charge is -2.07. The van der Waals surface area contributed by atoms with Gasteiger partial charge in [0.25, 0.3) is 0 Å². The molecule has 6 heteroatoms. The Morgan fingerprint density at radius 1 is 1.15 bits per heavy atom. The summed E-state index contributed by atoms with van der Waals surface area (Å²) in [4.78, 5) is 19.1. The Kier molecular flexibility index (Phi) is 9.55. The molecule has 0 aliphatic rings. The van der Waals surface area contributed by atoms with Crippen LogP contribution in [0.5, 0.6) is 0 Å². The molecule has 1 atom stereocenters. The van der Waals surface area contributed by atoms with E-state index in [1.54, 1.807) is 7.05 Å². The predicted molar refractivity (Wildman–Crippen MR) is 74.2 cm³/mol. The van der Waals surface area contributed by atoms with Crippen molar-refractivity contribution in [2.45, 2.75) is 19.1 Å². The van der Waals surface area contributed by atoms with Gasteiger partial charge in [0, 0.05) is 12.2 Å². The zero-order chi connectivity index (χ0) is 15.4. The molecule has 1 aromatic rings. The van der Waals surface area contributed by atoms with Crippen LogP contribution in [0.2, 0.25) is 0 Å². The van der Waals surface area contributed by atoms with Gasteiger partial charge in [-0.1, -0.05) is 30.3 Å². The number of aliphatic hydroxyl groups is 1. The van der Waals surface area contributed by atoms with E-state index < -0.39 is 11.9 Å². The largest absolute Gasteiger partial charge is 0.478 e. The number of carbonyl (C=O) groups is 2. The predicted octanol–water partition coefficient (Wildman–Crippen LogP) is 0.869. The Bertz CT molecular complexity index is 414. The first-order valence-corrected chi connectivity index (χ1v) is 5.99. The Hall–Kier alpha value is -2.18. The summed E-state index contributed by atoms with van der Waals surface area (Å²) < 4.78 is 0. The smallest absolute Gasteiger partial charge is 0.328 e. The fourth-order valence-electron chi connectivity index (χ4n) is 1.23. The second-order valence-corrected chi connectivity index (χ2v) is 3.84. The van der Waals surface area contributed by atoms with Crippen LogP contribution in [0, 0.1) is 0 Å². The summed E-state index contributed by atoms with van der Waals surface area (Å²) in [6, 6.07) is 10.2. The van der Waals surface area contributed by atoms with Crippen LogP contribution in [-0.4, -0.2) is 40.5 Å². The Labute approximate surface area is 117 Å². The Balaban J connectivity index is 0.000000396. The molecule has 0 fully saturated rings. The third kappa shape index (κ3) is 10.9. The lowest BCUT2D eigenvalue weighted by molar-refractivity contribution is -0.134. The minimum atomic E-state index is -1.26. The number of hydrogen-bond donors (Lipinski definition) is 4. The molecule has 0 aliphatic carbocycles. The van der Waals surface area contributed by atoms with Crippen LogP contribution >= 0.6 is 0 Å². The number of carboxylic acid groups (broad SMARTS) is 2. The van der Waals surface area contributed by atoms with Gasteiger partial charge in [0.2, 0.25) is 0 Å². The minimum Gasteiger partial charge on any atom is -0.478 e. The molecule has 0 spiro atoms. The van der Waals surface area contributed by atoms with Crippen molar-refractivity contribution in [1.29, 1.82) is 0 Å².